The van der Waals surface area contributed by atoms with Gasteiger partial charge in [0, 0.05) is 10.2 Å². The number of thiocarbonyl (C=S) groups is 1. The Labute approximate surface area is 167 Å². The number of methoxy groups -OCH3 is 2. The summed E-state index contributed by atoms with van der Waals surface area (Å²) < 4.78 is 17.0. The van der Waals surface area contributed by atoms with Crippen LogP contribution in [0.3, 0.4) is 0 Å². The molecule has 1 aromatic carbocycles. The van der Waals surface area contributed by atoms with Crippen LogP contribution in [0.25, 0.3) is 0 Å². The van der Waals surface area contributed by atoms with Gasteiger partial charge in [0.05, 0.1) is 32.4 Å². The van der Waals surface area contributed by atoms with Gasteiger partial charge in [0.1, 0.15) is 0 Å². The summed E-state index contributed by atoms with van der Waals surface area (Å²) in [7, 11) is 2.94. The van der Waals surface area contributed by atoms with Gasteiger partial charge in [-0.2, -0.15) is 0 Å². The third-order valence-corrected chi connectivity index (χ3v) is 4.93. The first-order valence-electron chi connectivity index (χ1n) is 8.29. The van der Waals surface area contributed by atoms with Gasteiger partial charge in [-0.1, -0.05) is 29.3 Å². The third-order valence-electron chi connectivity index (χ3n) is 4.02. The summed E-state index contributed by atoms with van der Waals surface area (Å²) >= 11 is 8.84. The molecular weight excluding hydrogens is 420 g/mol. The number of benzene rings is 1. The standard InChI is InChI=1S/C18H23BrN2O4S/c1-5-6-7-25-14-9-12(19)11(8-13(14)23-3)16-15(17(22)24-4)10(2)20-18(26)21-16/h8-9,16H,5-7H2,1-4H3,(H2,20,21,26)/t16-/m1/s1. The van der Waals surface area contributed by atoms with Crippen molar-refractivity contribution in [3.8, 4) is 11.5 Å². The summed E-state index contributed by atoms with van der Waals surface area (Å²) in [6.07, 6.45) is 2.01. The van der Waals surface area contributed by atoms with Crippen LogP contribution in [0.4, 0.5) is 0 Å². The van der Waals surface area contributed by atoms with E-state index in [1.54, 1.807) is 14.0 Å². The largest absolute Gasteiger partial charge is 0.493 e. The molecule has 8 heteroatoms. The summed E-state index contributed by atoms with van der Waals surface area (Å²) in [6.45, 7) is 4.51. The predicted molar refractivity (Wildman–Crippen MR) is 107 cm³/mol. The minimum Gasteiger partial charge on any atom is -0.493 e. The van der Waals surface area contributed by atoms with Crippen LogP contribution in [-0.2, 0) is 9.53 Å². The van der Waals surface area contributed by atoms with Gasteiger partial charge in [-0.25, -0.2) is 4.79 Å². The van der Waals surface area contributed by atoms with E-state index in [1.165, 1.54) is 7.11 Å². The van der Waals surface area contributed by atoms with Crippen LogP contribution in [0, 0.1) is 0 Å². The fraction of sp³-hybridized carbons (Fsp3) is 0.444. The zero-order valence-corrected chi connectivity index (χ0v) is 17.7. The number of unbranched alkanes of at least 4 members (excludes halogenated alkanes) is 1. The lowest BCUT2D eigenvalue weighted by Crippen LogP contribution is -2.45. The van der Waals surface area contributed by atoms with Crippen LogP contribution in [0.15, 0.2) is 27.9 Å². The monoisotopic (exact) mass is 442 g/mol. The molecule has 0 radical (unpaired) electrons. The van der Waals surface area contributed by atoms with Gasteiger partial charge in [0.15, 0.2) is 16.6 Å². The van der Waals surface area contributed by atoms with Crippen LogP contribution in [0.5, 0.6) is 11.5 Å². The molecule has 0 saturated heterocycles. The highest BCUT2D eigenvalue weighted by Gasteiger charge is 2.32. The number of ether oxygens (including phenoxy) is 3. The van der Waals surface area contributed by atoms with Crippen LogP contribution in [0.2, 0.25) is 0 Å². The number of nitrogens with one attached hydrogen (secondary N) is 2. The molecule has 142 valence electrons. The van der Waals surface area contributed by atoms with Crippen molar-refractivity contribution in [1.29, 1.82) is 0 Å². The number of hydrogen-bond donors (Lipinski definition) is 2. The summed E-state index contributed by atoms with van der Waals surface area (Å²) in [5, 5.41) is 6.53. The topological polar surface area (TPSA) is 68.8 Å². The predicted octanol–water partition coefficient (Wildman–Crippen LogP) is 3.60. The van der Waals surface area contributed by atoms with Crippen molar-refractivity contribution in [2.75, 3.05) is 20.8 Å². The molecule has 0 fully saturated rings. The average molecular weight is 443 g/mol. The molecular formula is C18H23BrN2O4S. The maximum absolute atomic E-state index is 12.3. The molecule has 1 aliphatic heterocycles. The fourth-order valence-corrected chi connectivity index (χ4v) is 3.50. The normalized spacial score (nSPS) is 16.7. The van der Waals surface area contributed by atoms with Crippen molar-refractivity contribution < 1.29 is 19.0 Å². The number of allylic oxidation sites excluding steroid dienone is 1. The number of esters is 1. The van der Waals surface area contributed by atoms with Crippen LogP contribution >= 0.6 is 28.1 Å². The van der Waals surface area contributed by atoms with E-state index >= 15 is 0 Å². The van der Waals surface area contributed by atoms with Gasteiger partial charge < -0.3 is 24.8 Å². The van der Waals surface area contributed by atoms with Crippen molar-refractivity contribution in [2.45, 2.75) is 32.7 Å². The molecule has 6 nitrogen and oxygen atoms in total. The van der Waals surface area contributed by atoms with Crippen molar-refractivity contribution in [3.05, 3.63) is 33.4 Å². The third kappa shape index (κ3) is 4.48. The number of halogens is 1. The molecule has 0 aliphatic carbocycles. The number of hydrogen-bond acceptors (Lipinski definition) is 5. The summed E-state index contributed by atoms with van der Waals surface area (Å²) in [4.78, 5) is 12.3. The molecule has 1 aromatic rings. The van der Waals surface area contributed by atoms with Gasteiger partial charge in [-0.05, 0) is 43.3 Å². The molecule has 0 bridgehead atoms. The van der Waals surface area contributed by atoms with E-state index in [0.29, 0.717) is 34.5 Å². The maximum atomic E-state index is 12.3. The second-order valence-electron chi connectivity index (χ2n) is 5.79. The van der Waals surface area contributed by atoms with Crippen molar-refractivity contribution >= 4 is 39.2 Å². The van der Waals surface area contributed by atoms with Crippen molar-refractivity contribution in [3.63, 3.8) is 0 Å². The quantitative estimate of drug-likeness (QED) is 0.379. The van der Waals surface area contributed by atoms with Crippen LogP contribution in [0.1, 0.15) is 38.3 Å². The zero-order chi connectivity index (χ0) is 19.3. The van der Waals surface area contributed by atoms with Gasteiger partial charge in [-0.3, -0.25) is 0 Å². The summed E-state index contributed by atoms with van der Waals surface area (Å²) in [5.74, 6) is 0.810. The Balaban J connectivity index is 2.47. The van der Waals surface area contributed by atoms with E-state index in [2.05, 4.69) is 33.5 Å². The Bertz CT molecular complexity index is 736. The number of carbonyl (C=O) groups excluding carboxylic acids is 1. The van der Waals surface area contributed by atoms with Crippen LogP contribution in [-0.4, -0.2) is 31.9 Å². The van der Waals surface area contributed by atoms with Gasteiger partial charge in [-0.15, -0.1) is 0 Å². The Morgan fingerprint density at radius 2 is 2.04 bits per heavy atom. The zero-order valence-electron chi connectivity index (χ0n) is 15.3. The second-order valence-corrected chi connectivity index (χ2v) is 7.05. The molecule has 2 rings (SSSR count). The highest BCUT2D eigenvalue weighted by atomic mass is 79.9. The summed E-state index contributed by atoms with van der Waals surface area (Å²) in [6, 6.07) is 3.22. The molecule has 0 spiro atoms. The molecule has 0 amide bonds. The Morgan fingerprint density at radius 1 is 1.31 bits per heavy atom. The smallest absolute Gasteiger partial charge is 0.337 e. The number of carbonyl (C=O) groups is 1. The van der Waals surface area contributed by atoms with Gasteiger partial charge in [0.25, 0.3) is 0 Å². The SMILES string of the molecule is CCCCOc1cc(Br)c([C@H]2NC(=S)NC(C)=C2C(=O)OC)cc1OC. The van der Waals surface area contributed by atoms with Gasteiger partial charge >= 0.3 is 5.97 Å². The molecule has 1 aliphatic rings. The minimum atomic E-state index is -0.468. The first-order valence-corrected chi connectivity index (χ1v) is 9.49. The van der Waals surface area contributed by atoms with E-state index in [9.17, 15) is 4.79 Å². The molecule has 0 unspecified atom stereocenters. The first-order chi connectivity index (χ1) is 12.4. The first kappa shape index (κ1) is 20.5. The van der Waals surface area contributed by atoms with E-state index in [-0.39, 0.29) is 0 Å². The van der Waals surface area contributed by atoms with Crippen molar-refractivity contribution in [2.24, 2.45) is 0 Å². The minimum absolute atomic E-state index is 0.427. The molecule has 0 aromatic heterocycles. The van der Waals surface area contributed by atoms with Crippen LogP contribution < -0.4 is 20.1 Å². The second kappa shape index (κ2) is 9.23. The lowest BCUT2D eigenvalue weighted by Gasteiger charge is -2.30. The van der Waals surface area contributed by atoms with Gasteiger partial charge in [0.2, 0.25) is 0 Å². The maximum Gasteiger partial charge on any atom is 0.337 e. The lowest BCUT2D eigenvalue weighted by molar-refractivity contribution is -0.136. The Kier molecular flexibility index (Phi) is 7.28. The highest BCUT2D eigenvalue weighted by molar-refractivity contribution is 9.10. The van der Waals surface area contributed by atoms with E-state index < -0.39 is 12.0 Å². The lowest BCUT2D eigenvalue weighted by atomic mass is 9.95. The molecule has 1 atom stereocenters. The molecule has 1 heterocycles. The summed E-state index contributed by atoms with van der Waals surface area (Å²) in [5.41, 5.74) is 1.91. The molecule has 26 heavy (non-hydrogen) atoms. The Morgan fingerprint density at radius 3 is 2.65 bits per heavy atom. The van der Waals surface area contributed by atoms with E-state index in [4.69, 9.17) is 26.4 Å². The molecule has 0 saturated carbocycles. The van der Waals surface area contributed by atoms with Crippen molar-refractivity contribution in [1.82, 2.24) is 10.6 Å². The fourth-order valence-electron chi connectivity index (χ4n) is 2.68. The van der Waals surface area contributed by atoms with E-state index in [1.807, 2.05) is 12.1 Å². The Hall–Kier alpha value is -1.80. The highest BCUT2D eigenvalue weighted by Crippen LogP contribution is 2.39. The average Bonchev–Trinajstić information content (AvgIpc) is 2.61. The molecule has 2 N–H and O–H groups in total. The van der Waals surface area contributed by atoms with E-state index in [0.717, 1.165) is 22.9 Å². The number of rotatable bonds is 7.